The van der Waals surface area contributed by atoms with Crippen molar-refractivity contribution in [3.8, 4) is 0 Å². The number of hydrogen-bond acceptors (Lipinski definition) is 12. The third kappa shape index (κ3) is 5.10. The number of carbonyl (C=O) groups is 4. The first kappa shape index (κ1) is 25.7. The number of nitrogen functional groups attached to an aromatic ring is 1. The van der Waals surface area contributed by atoms with E-state index in [0.29, 0.717) is 0 Å². The average Bonchev–Trinajstić information content (AvgIpc) is 3.24. The number of nitrogens with zero attached hydrogens (tertiary/aromatic N) is 2. The summed E-state index contributed by atoms with van der Waals surface area (Å²) >= 11 is 2.20. The first-order valence-electron chi connectivity index (χ1n) is 9.29. The largest absolute Gasteiger partial charge is 0.477 e. The zero-order chi connectivity index (χ0) is 25.2. The summed E-state index contributed by atoms with van der Waals surface area (Å²) in [7, 11) is -1.54. The molecule has 3 rings (SSSR count). The number of primary amides is 1. The van der Waals surface area contributed by atoms with Gasteiger partial charge in [-0.05, 0) is 0 Å². The van der Waals surface area contributed by atoms with Crippen LogP contribution in [0.4, 0.5) is 9.93 Å². The summed E-state index contributed by atoms with van der Waals surface area (Å²) in [6.07, 6.45) is -1.09. The van der Waals surface area contributed by atoms with Crippen LogP contribution in [0.2, 0.25) is 0 Å². The number of thioether (sulfide) groups is 1. The number of aliphatic carboxylic acids is 1. The zero-order valence-corrected chi connectivity index (χ0v) is 20.3. The number of hydrogen-bond donors (Lipinski definition) is 4. The first-order valence-corrected chi connectivity index (χ1v) is 12.8. The molecule has 14 nitrogen and oxygen atoms in total. The SMILES string of the molecule is COP(=O)(/C=C(\C(=O)N[C@@H]1C(=O)N2C(C(=O)O)=C(COC(N)=O)CS[C@H]12)c1csc(N)n1)OC. The van der Waals surface area contributed by atoms with Crippen LogP contribution in [0.1, 0.15) is 5.69 Å². The molecule has 0 radical (unpaired) electrons. The maximum atomic E-state index is 13.1. The molecule has 6 N–H and O–H groups in total. The predicted molar refractivity (Wildman–Crippen MR) is 121 cm³/mol. The number of nitrogens with one attached hydrogen (secondary N) is 1. The molecular formula is C17H20N5O9PS2. The molecule has 2 atom stereocenters. The van der Waals surface area contributed by atoms with E-state index in [1.807, 2.05) is 0 Å². The second kappa shape index (κ2) is 10.1. The number of amides is 3. The number of thiazole rings is 1. The summed E-state index contributed by atoms with van der Waals surface area (Å²) < 4.78 is 27.0. The Hall–Kier alpha value is -2.91. The Morgan fingerprint density at radius 3 is 2.59 bits per heavy atom. The molecular weight excluding hydrogens is 513 g/mol. The van der Waals surface area contributed by atoms with Crippen molar-refractivity contribution in [2.24, 2.45) is 5.73 Å². The van der Waals surface area contributed by atoms with Gasteiger partial charge in [-0.1, -0.05) is 0 Å². The highest BCUT2D eigenvalue weighted by atomic mass is 32.2. The topological polar surface area (TPSA) is 213 Å². The van der Waals surface area contributed by atoms with Crippen molar-refractivity contribution in [2.75, 3.05) is 32.3 Å². The van der Waals surface area contributed by atoms with Gasteiger partial charge in [0.25, 0.3) is 11.8 Å². The fraction of sp³-hybridized carbons (Fsp3) is 0.353. The molecule has 2 aliphatic heterocycles. The molecule has 0 bridgehead atoms. The zero-order valence-electron chi connectivity index (χ0n) is 17.7. The van der Waals surface area contributed by atoms with E-state index in [1.54, 1.807) is 0 Å². The normalized spacial score (nSPS) is 20.5. The quantitative estimate of drug-likeness (QED) is 0.193. The van der Waals surface area contributed by atoms with Gasteiger partial charge < -0.3 is 35.7 Å². The number of carboxylic acid groups (broad SMARTS) is 1. The standard InChI is InChI=1S/C17H20N5O9PS2/c1-29-32(28,30-2)4-8(9-6-34-16(18)20-9)12(23)21-10-13(24)22-11(15(25)26)7(3-31-17(19)27)5-33-14(10)22/h4,6,10,14H,3,5H2,1-2H3,(H2,18,20)(H2,19,27)(H,21,23)(H,25,26)/b8-4-/t10-,14-/m1/s1. The van der Waals surface area contributed by atoms with E-state index in [-0.39, 0.29) is 40.0 Å². The summed E-state index contributed by atoms with van der Waals surface area (Å²) in [6, 6.07) is -1.09. The van der Waals surface area contributed by atoms with Crippen LogP contribution >= 0.6 is 30.7 Å². The van der Waals surface area contributed by atoms with Crippen LogP contribution in [0.25, 0.3) is 5.57 Å². The predicted octanol–water partition coefficient (Wildman–Crippen LogP) is 0.386. The van der Waals surface area contributed by atoms with Gasteiger partial charge in [0.05, 0.1) is 11.3 Å². The highest BCUT2D eigenvalue weighted by molar-refractivity contribution is 8.00. The average molecular weight is 533 g/mol. The molecule has 0 aromatic carbocycles. The lowest BCUT2D eigenvalue weighted by molar-refractivity contribution is -0.150. The minimum Gasteiger partial charge on any atom is -0.477 e. The Balaban J connectivity index is 1.86. The first-order chi connectivity index (χ1) is 16.0. The molecule has 17 heteroatoms. The van der Waals surface area contributed by atoms with Crippen LogP contribution in [0.5, 0.6) is 0 Å². The van der Waals surface area contributed by atoms with Gasteiger partial charge in [-0.2, -0.15) is 0 Å². The Morgan fingerprint density at radius 2 is 2.06 bits per heavy atom. The number of carboxylic acids is 1. The van der Waals surface area contributed by atoms with Gasteiger partial charge in [0, 0.05) is 36.7 Å². The number of nitrogens with two attached hydrogens (primary N) is 2. The summed E-state index contributed by atoms with van der Waals surface area (Å²) in [5.41, 5.74) is 10.3. The van der Waals surface area contributed by atoms with Gasteiger partial charge in [-0.25, -0.2) is 14.6 Å². The molecule has 184 valence electrons. The number of anilines is 1. The van der Waals surface area contributed by atoms with E-state index >= 15 is 0 Å². The number of carbonyl (C=O) groups excluding carboxylic acids is 3. The molecule has 1 aromatic rings. The number of fused-ring (bicyclic) bond motifs is 1. The van der Waals surface area contributed by atoms with Crippen molar-refractivity contribution in [1.82, 2.24) is 15.2 Å². The van der Waals surface area contributed by atoms with Gasteiger partial charge in [0.15, 0.2) is 5.13 Å². The summed E-state index contributed by atoms with van der Waals surface area (Å²) in [4.78, 5) is 53.6. The lowest BCUT2D eigenvalue weighted by Gasteiger charge is -2.49. The number of ether oxygens (including phenoxy) is 1. The lowest BCUT2D eigenvalue weighted by atomic mass is 10.0. The van der Waals surface area contributed by atoms with E-state index in [4.69, 9.17) is 20.5 Å². The summed E-state index contributed by atoms with van der Waals surface area (Å²) in [5.74, 6) is -1.83. The molecule has 1 fully saturated rings. The highest BCUT2D eigenvalue weighted by Gasteiger charge is 2.54. The fourth-order valence-electron chi connectivity index (χ4n) is 3.16. The molecule has 0 aliphatic carbocycles. The second-order valence-corrected chi connectivity index (χ2v) is 10.8. The van der Waals surface area contributed by atoms with E-state index in [9.17, 15) is 28.8 Å². The molecule has 34 heavy (non-hydrogen) atoms. The van der Waals surface area contributed by atoms with Gasteiger partial charge >= 0.3 is 19.7 Å². The number of aromatic nitrogens is 1. The Kier molecular flexibility index (Phi) is 7.67. The molecule has 0 spiro atoms. The van der Waals surface area contributed by atoms with Gasteiger partial charge in [-0.3, -0.25) is 19.1 Å². The van der Waals surface area contributed by atoms with E-state index in [0.717, 1.165) is 48.0 Å². The van der Waals surface area contributed by atoms with Crippen molar-refractivity contribution in [1.29, 1.82) is 0 Å². The van der Waals surface area contributed by atoms with Crippen LogP contribution in [-0.4, -0.2) is 76.9 Å². The minimum absolute atomic E-state index is 0.0891. The molecule has 0 saturated carbocycles. The highest BCUT2D eigenvalue weighted by Crippen LogP contribution is 2.50. The van der Waals surface area contributed by atoms with E-state index in [1.165, 1.54) is 5.38 Å². The van der Waals surface area contributed by atoms with Crippen LogP contribution < -0.4 is 16.8 Å². The Morgan fingerprint density at radius 1 is 1.38 bits per heavy atom. The molecule has 3 heterocycles. The Labute approximate surface area is 200 Å². The minimum atomic E-state index is -3.81. The smallest absolute Gasteiger partial charge is 0.404 e. The summed E-state index contributed by atoms with van der Waals surface area (Å²) in [5, 5.41) is 13.0. The van der Waals surface area contributed by atoms with Crippen LogP contribution in [0, 0.1) is 0 Å². The fourth-order valence-corrected chi connectivity index (χ4v) is 5.98. The van der Waals surface area contributed by atoms with Crippen LogP contribution in [0.3, 0.4) is 0 Å². The van der Waals surface area contributed by atoms with Crippen molar-refractivity contribution < 1.29 is 42.6 Å². The lowest BCUT2D eigenvalue weighted by Crippen LogP contribution is -2.70. The molecule has 2 aliphatic rings. The number of β-lactam (4-membered cyclic amide) rings is 1. The van der Waals surface area contributed by atoms with Crippen molar-refractivity contribution in [3.05, 3.63) is 28.2 Å². The maximum Gasteiger partial charge on any atom is 0.404 e. The second-order valence-electron chi connectivity index (χ2n) is 6.74. The van der Waals surface area contributed by atoms with E-state index < -0.39 is 42.9 Å². The summed E-state index contributed by atoms with van der Waals surface area (Å²) in [6.45, 7) is -0.390. The molecule has 3 amide bonds. The van der Waals surface area contributed by atoms with Gasteiger partial charge in [-0.15, -0.1) is 23.1 Å². The molecule has 1 aromatic heterocycles. The third-order valence-electron chi connectivity index (χ3n) is 4.76. The third-order valence-corrected chi connectivity index (χ3v) is 8.37. The van der Waals surface area contributed by atoms with Crippen molar-refractivity contribution >= 4 is 65.3 Å². The molecule has 0 unspecified atom stereocenters. The van der Waals surface area contributed by atoms with Gasteiger partial charge in [0.2, 0.25) is 0 Å². The maximum absolute atomic E-state index is 13.1. The van der Waals surface area contributed by atoms with Gasteiger partial charge in [0.1, 0.15) is 23.7 Å². The van der Waals surface area contributed by atoms with Crippen molar-refractivity contribution in [2.45, 2.75) is 11.4 Å². The monoisotopic (exact) mass is 533 g/mol. The van der Waals surface area contributed by atoms with Crippen LogP contribution in [0.15, 0.2) is 22.5 Å². The molecule has 1 saturated heterocycles. The Bertz CT molecular complexity index is 1140. The van der Waals surface area contributed by atoms with Crippen LogP contribution in [-0.2, 0) is 32.7 Å². The van der Waals surface area contributed by atoms with E-state index in [2.05, 4.69) is 15.0 Å². The van der Waals surface area contributed by atoms with Crippen molar-refractivity contribution in [3.63, 3.8) is 0 Å². The number of rotatable bonds is 9.